The van der Waals surface area contributed by atoms with Crippen molar-refractivity contribution in [2.75, 3.05) is 0 Å². The lowest BCUT2D eigenvalue weighted by Gasteiger charge is -2.14. The lowest BCUT2D eigenvalue weighted by Crippen LogP contribution is -2.13. The first-order valence-electron chi connectivity index (χ1n) is 20.9. The Kier molecular flexibility index (Phi) is 7.70. The second kappa shape index (κ2) is 13.9. The van der Waals surface area contributed by atoms with Crippen molar-refractivity contribution in [2.45, 2.75) is 0 Å². The highest BCUT2D eigenvalue weighted by atomic mass is 15.3. The first kappa shape index (κ1) is 35.0. The molecule has 0 N–H and O–H groups in total. The Bertz CT molecular complexity index is 3630. The highest BCUT2D eigenvalue weighted by Gasteiger charge is 2.23. The van der Waals surface area contributed by atoms with E-state index < -0.39 is 0 Å². The van der Waals surface area contributed by atoms with Crippen LogP contribution in [0.5, 0.6) is 0 Å². The fourth-order valence-electron chi connectivity index (χ4n) is 9.18. The Morgan fingerprint density at radius 3 is 0.873 bits per heavy atom. The Balaban J connectivity index is 1.08. The van der Waals surface area contributed by atoms with Gasteiger partial charge in [-0.05, 0) is 48.5 Å². The van der Waals surface area contributed by atoms with E-state index in [9.17, 15) is 0 Å². The number of aromatic nitrogens is 9. The van der Waals surface area contributed by atoms with Crippen LogP contribution in [0.4, 0.5) is 0 Å². The van der Waals surface area contributed by atoms with E-state index in [0.29, 0.717) is 35.3 Å². The largest absolute Gasteiger partial charge is 0.278 e. The molecule has 0 fully saturated rings. The molecule has 0 aliphatic rings. The summed E-state index contributed by atoms with van der Waals surface area (Å²) in [6.07, 6.45) is 0. The number of benzene rings is 8. The van der Waals surface area contributed by atoms with Gasteiger partial charge in [0.1, 0.15) is 0 Å². The van der Waals surface area contributed by atoms with Gasteiger partial charge in [0, 0.05) is 49.0 Å². The zero-order valence-electron chi connectivity index (χ0n) is 33.6. The fraction of sp³-hybridized carbons (Fsp3) is 0. The predicted octanol–water partition coefficient (Wildman–Crippen LogP) is 12.3. The molecule has 0 aliphatic heterocycles. The summed E-state index contributed by atoms with van der Waals surface area (Å²) in [6.45, 7) is 0. The van der Waals surface area contributed by atoms with Crippen molar-refractivity contribution in [3.05, 3.63) is 200 Å². The summed E-state index contributed by atoms with van der Waals surface area (Å²) in [7, 11) is 0. The molecule has 0 spiro atoms. The number of para-hydroxylation sites is 5. The van der Waals surface area contributed by atoms with Crippen molar-refractivity contribution in [3.8, 4) is 52.0 Å². The van der Waals surface area contributed by atoms with Gasteiger partial charge in [0.05, 0.1) is 33.1 Å². The van der Waals surface area contributed by atoms with Crippen LogP contribution in [0.3, 0.4) is 0 Å². The van der Waals surface area contributed by atoms with Crippen LogP contribution in [0.25, 0.3) is 117 Å². The van der Waals surface area contributed by atoms with Gasteiger partial charge in [-0.25, -0.2) is 15.0 Å². The Morgan fingerprint density at radius 1 is 0.222 bits per heavy atom. The first-order chi connectivity index (χ1) is 31.2. The van der Waals surface area contributed by atoms with Crippen molar-refractivity contribution in [1.29, 1.82) is 0 Å². The Hall–Kier alpha value is -8.82. The number of hydrogen-bond donors (Lipinski definition) is 0. The van der Waals surface area contributed by atoms with Gasteiger partial charge in [0.25, 0.3) is 0 Å². The minimum absolute atomic E-state index is 0.496. The van der Waals surface area contributed by atoms with Gasteiger partial charge in [-0.1, -0.05) is 152 Å². The highest BCUT2D eigenvalue weighted by molar-refractivity contribution is 6.11. The van der Waals surface area contributed by atoms with Crippen molar-refractivity contribution >= 4 is 65.4 Å². The van der Waals surface area contributed by atoms with E-state index in [0.717, 1.165) is 82.1 Å². The molecule has 0 atom stereocenters. The summed E-state index contributed by atoms with van der Waals surface area (Å²) in [5.74, 6) is 3.34. The molecule has 0 saturated carbocycles. The molecule has 63 heavy (non-hydrogen) atoms. The van der Waals surface area contributed by atoms with Crippen LogP contribution in [0.2, 0.25) is 0 Å². The molecule has 0 unspecified atom stereocenters. The van der Waals surface area contributed by atoms with Crippen LogP contribution < -0.4 is 0 Å². The number of hydrogen-bond acceptors (Lipinski definition) is 6. The van der Waals surface area contributed by atoms with Crippen LogP contribution in [-0.2, 0) is 0 Å². The molecule has 5 aromatic heterocycles. The molecule has 0 aliphatic carbocycles. The van der Waals surface area contributed by atoms with E-state index in [1.54, 1.807) is 0 Å². The Morgan fingerprint density at radius 2 is 0.508 bits per heavy atom. The van der Waals surface area contributed by atoms with E-state index in [1.807, 2.05) is 60.7 Å². The van der Waals surface area contributed by atoms with E-state index in [1.165, 1.54) is 0 Å². The molecule has 8 aromatic carbocycles. The standard InChI is InChI=1S/C54H33N9/c1-3-17-34(18-4-1)49-55-50(35-19-5-2-6-20-35)57-51(56-49)36-31-32-48-42(33-36)41-25-11-16-30-47(41)63(48)54-59-52(61-43-26-12-7-21-37(43)38-22-8-13-27-44(38)61)58-53(60-54)62-45-28-14-9-23-39(45)40-24-10-15-29-46(40)62/h1-33H. The molecular formula is C54H33N9. The smallest absolute Gasteiger partial charge is 0.241 e. The van der Waals surface area contributed by atoms with Crippen molar-refractivity contribution in [1.82, 2.24) is 43.6 Å². The second-order valence-corrected chi connectivity index (χ2v) is 15.6. The zero-order chi connectivity index (χ0) is 41.4. The average molecular weight is 808 g/mol. The molecule has 5 heterocycles. The van der Waals surface area contributed by atoms with Gasteiger partial charge >= 0.3 is 0 Å². The van der Waals surface area contributed by atoms with Crippen LogP contribution >= 0.6 is 0 Å². The van der Waals surface area contributed by atoms with Crippen LogP contribution in [-0.4, -0.2) is 43.6 Å². The van der Waals surface area contributed by atoms with Crippen LogP contribution in [0.1, 0.15) is 0 Å². The van der Waals surface area contributed by atoms with E-state index in [2.05, 4.69) is 153 Å². The quantitative estimate of drug-likeness (QED) is 0.166. The van der Waals surface area contributed by atoms with Crippen LogP contribution in [0, 0.1) is 0 Å². The molecule has 13 aromatic rings. The van der Waals surface area contributed by atoms with Crippen molar-refractivity contribution in [3.63, 3.8) is 0 Å². The minimum Gasteiger partial charge on any atom is -0.278 e. The summed E-state index contributed by atoms with van der Waals surface area (Å²) in [5.41, 5.74) is 8.66. The molecule has 0 amide bonds. The van der Waals surface area contributed by atoms with Gasteiger partial charge < -0.3 is 0 Å². The molecule has 0 saturated heterocycles. The van der Waals surface area contributed by atoms with Crippen LogP contribution in [0.15, 0.2) is 200 Å². The summed E-state index contributed by atoms with van der Waals surface area (Å²) < 4.78 is 6.48. The van der Waals surface area contributed by atoms with E-state index >= 15 is 0 Å². The van der Waals surface area contributed by atoms with Crippen molar-refractivity contribution < 1.29 is 0 Å². The number of rotatable bonds is 6. The molecule has 294 valence electrons. The molecule has 13 rings (SSSR count). The van der Waals surface area contributed by atoms with E-state index in [4.69, 9.17) is 29.9 Å². The lowest BCUT2D eigenvalue weighted by molar-refractivity contribution is 0.848. The van der Waals surface area contributed by atoms with Crippen molar-refractivity contribution in [2.24, 2.45) is 0 Å². The highest BCUT2D eigenvalue weighted by Crippen LogP contribution is 2.37. The molecular weight excluding hydrogens is 775 g/mol. The normalized spacial score (nSPS) is 11.8. The third kappa shape index (κ3) is 5.50. The maximum absolute atomic E-state index is 5.42. The maximum atomic E-state index is 5.42. The number of nitrogens with zero attached hydrogens (tertiary/aromatic N) is 9. The summed E-state index contributed by atoms with van der Waals surface area (Å²) in [4.78, 5) is 31.3. The number of fused-ring (bicyclic) bond motifs is 9. The maximum Gasteiger partial charge on any atom is 0.241 e. The first-order valence-corrected chi connectivity index (χ1v) is 20.9. The van der Waals surface area contributed by atoms with Gasteiger partial charge in [-0.3, -0.25) is 13.7 Å². The predicted molar refractivity (Wildman–Crippen MR) is 253 cm³/mol. The molecule has 0 bridgehead atoms. The monoisotopic (exact) mass is 807 g/mol. The van der Waals surface area contributed by atoms with E-state index in [-0.39, 0.29) is 0 Å². The SMILES string of the molecule is c1ccc(-c2nc(-c3ccccc3)nc(-c3ccc4c(c3)c3ccccc3n4-c3nc(-n4c5ccccc5c5ccccc54)nc(-n4c5ccccc5c5ccccc54)n3)n2)cc1. The van der Waals surface area contributed by atoms with Gasteiger partial charge in [-0.15, -0.1) is 0 Å². The van der Waals surface area contributed by atoms with Gasteiger partial charge in [-0.2, -0.15) is 15.0 Å². The topological polar surface area (TPSA) is 92.1 Å². The summed E-state index contributed by atoms with van der Waals surface area (Å²) in [5, 5.41) is 6.57. The second-order valence-electron chi connectivity index (χ2n) is 15.6. The molecule has 9 nitrogen and oxygen atoms in total. The Labute approximate surface area is 359 Å². The average Bonchev–Trinajstić information content (AvgIpc) is 4.00. The molecule has 9 heteroatoms. The van der Waals surface area contributed by atoms with Gasteiger partial charge in [0.15, 0.2) is 17.5 Å². The third-order valence-corrected chi connectivity index (χ3v) is 12.0. The molecule has 0 radical (unpaired) electrons. The minimum atomic E-state index is 0.496. The van der Waals surface area contributed by atoms with Gasteiger partial charge in [0.2, 0.25) is 17.8 Å². The third-order valence-electron chi connectivity index (χ3n) is 12.0. The summed E-state index contributed by atoms with van der Waals surface area (Å²) >= 11 is 0. The lowest BCUT2D eigenvalue weighted by atomic mass is 10.1. The summed E-state index contributed by atoms with van der Waals surface area (Å²) in [6, 6.07) is 68.7. The zero-order valence-corrected chi connectivity index (χ0v) is 33.6. The fourth-order valence-corrected chi connectivity index (χ4v) is 9.18.